The number of carbonyl (C=O) groups excluding carboxylic acids is 1. The van der Waals surface area contributed by atoms with Gasteiger partial charge in [0.2, 0.25) is 0 Å². The number of rotatable bonds is 4. The number of aromatic hydroxyl groups is 1. The maximum Gasteiger partial charge on any atom is 0.315 e. The second kappa shape index (κ2) is 7.49. The summed E-state index contributed by atoms with van der Waals surface area (Å²) in [4.78, 5) is 13.4. The number of thioether (sulfide) groups is 1. The zero-order chi connectivity index (χ0) is 16.9. The first-order valence-electron chi connectivity index (χ1n) is 7.79. The van der Waals surface area contributed by atoms with Crippen molar-refractivity contribution in [3.63, 3.8) is 0 Å². The number of hydrogen-bond acceptors (Lipinski definition) is 4. The minimum atomic E-state index is -0.211. The third kappa shape index (κ3) is 3.76. The maximum atomic E-state index is 12.2. The van der Waals surface area contributed by atoms with Crippen LogP contribution < -0.4 is 15.4 Å². The molecule has 0 saturated carbocycles. The Bertz CT molecular complexity index is 736. The fourth-order valence-corrected chi connectivity index (χ4v) is 3.85. The van der Waals surface area contributed by atoms with E-state index in [0.29, 0.717) is 12.3 Å². The van der Waals surface area contributed by atoms with Gasteiger partial charge in [-0.15, -0.1) is 11.8 Å². The quantitative estimate of drug-likeness (QED) is 0.795. The average Bonchev–Trinajstić information content (AvgIpc) is 2.60. The zero-order valence-corrected chi connectivity index (χ0v) is 14.2. The van der Waals surface area contributed by atoms with Crippen LogP contribution >= 0.6 is 11.8 Å². The molecule has 0 spiro atoms. The number of phenolic OH excluding ortho intramolecular Hbond substituents is 1. The first kappa shape index (κ1) is 16.5. The fourth-order valence-electron chi connectivity index (χ4n) is 2.73. The summed E-state index contributed by atoms with van der Waals surface area (Å²) in [6.45, 7) is 0.340. The minimum absolute atomic E-state index is 0.0340. The van der Waals surface area contributed by atoms with Crippen molar-refractivity contribution in [3.8, 4) is 11.5 Å². The van der Waals surface area contributed by atoms with Crippen molar-refractivity contribution in [2.24, 2.45) is 0 Å². The van der Waals surface area contributed by atoms with E-state index in [1.165, 1.54) is 17.6 Å². The van der Waals surface area contributed by atoms with E-state index < -0.39 is 0 Å². The predicted molar refractivity (Wildman–Crippen MR) is 94.6 cm³/mol. The number of phenols is 1. The molecule has 0 radical (unpaired) electrons. The van der Waals surface area contributed by atoms with E-state index >= 15 is 0 Å². The van der Waals surface area contributed by atoms with Crippen LogP contribution in [0.3, 0.4) is 0 Å². The van der Waals surface area contributed by atoms with Crippen molar-refractivity contribution >= 4 is 17.8 Å². The van der Waals surface area contributed by atoms with Crippen molar-refractivity contribution < 1.29 is 14.6 Å². The molecule has 1 atom stereocenters. The third-order valence-electron chi connectivity index (χ3n) is 3.96. The van der Waals surface area contributed by atoms with Crippen LogP contribution in [0.1, 0.15) is 23.6 Å². The Kier molecular flexibility index (Phi) is 5.15. The second-order valence-electron chi connectivity index (χ2n) is 5.56. The highest BCUT2D eigenvalue weighted by atomic mass is 32.2. The number of amides is 2. The lowest BCUT2D eigenvalue weighted by molar-refractivity contribution is 0.236. The van der Waals surface area contributed by atoms with E-state index in [0.717, 1.165) is 17.7 Å². The van der Waals surface area contributed by atoms with E-state index in [9.17, 15) is 9.90 Å². The molecule has 0 bridgehead atoms. The molecule has 24 heavy (non-hydrogen) atoms. The Morgan fingerprint density at radius 1 is 1.33 bits per heavy atom. The number of fused-ring (bicyclic) bond motifs is 1. The van der Waals surface area contributed by atoms with Gasteiger partial charge in [-0.2, -0.15) is 0 Å². The number of nitrogens with one attached hydrogen (secondary N) is 2. The van der Waals surface area contributed by atoms with Crippen molar-refractivity contribution in [2.45, 2.75) is 23.9 Å². The van der Waals surface area contributed by atoms with Gasteiger partial charge in [0.05, 0.1) is 13.2 Å². The van der Waals surface area contributed by atoms with Crippen molar-refractivity contribution in [3.05, 3.63) is 53.6 Å². The summed E-state index contributed by atoms with van der Waals surface area (Å²) in [6.07, 6.45) is 0.915. The number of carbonyl (C=O) groups is 1. The van der Waals surface area contributed by atoms with E-state index in [-0.39, 0.29) is 17.8 Å². The molecule has 5 nitrogen and oxygen atoms in total. The van der Waals surface area contributed by atoms with Gasteiger partial charge in [0, 0.05) is 17.2 Å². The van der Waals surface area contributed by atoms with Gasteiger partial charge in [-0.3, -0.25) is 0 Å². The summed E-state index contributed by atoms with van der Waals surface area (Å²) < 4.78 is 5.01. The Morgan fingerprint density at radius 2 is 2.17 bits per heavy atom. The molecule has 0 saturated heterocycles. The van der Waals surface area contributed by atoms with Crippen LogP contribution in [0.5, 0.6) is 11.5 Å². The van der Waals surface area contributed by atoms with E-state index in [1.807, 2.05) is 30.0 Å². The highest BCUT2D eigenvalue weighted by Crippen LogP contribution is 2.35. The third-order valence-corrected chi connectivity index (χ3v) is 5.08. The topological polar surface area (TPSA) is 70.6 Å². The molecule has 0 unspecified atom stereocenters. The largest absolute Gasteiger partial charge is 0.504 e. The van der Waals surface area contributed by atoms with Gasteiger partial charge in [-0.25, -0.2) is 4.79 Å². The number of benzene rings is 2. The van der Waals surface area contributed by atoms with Crippen LogP contribution in [-0.2, 0) is 6.54 Å². The molecule has 126 valence electrons. The number of ether oxygens (including phenoxy) is 1. The van der Waals surface area contributed by atoms with Gasteiger partial charge in [0.1, 0.15) is 0 Å². The maximum absolute atomic E-state index is 12.2. The molecule has 2 aromatic rings. The number of hydrogen-bond donors (Lipinski definition) is 3. The van der Waals surface area contributed by atoms with Gasteiger partial charge < -0.3 is 20.5 Å². The van der Waals surface area contributed by atoms with Crippen LogP contribution in [0.4, 0.5) is 4.79 Å². The van der Waals surface area contributed by atoms with E-state index in [1.54, 1.807) is 12.1 Å². The normalized spacial score (nSPS) is 16.1. The highest BCUT2D eigenvalue weighted by molar-refractivity contribution is 7.99. The molecule has 0 fully saturated rings. The first-order chi connectivity index (χ1) is 11.7. The van der Waals surface area contributed by atoms with Crippen LogP contribution in [0.25, 0.3) is 0 Å². The Hall–Kier alpha value is -2.34. The molecule has 1 aliphatic rings. The number of methoxy groups -OCH3 is 1. The van der Waals surface area contributed by atoms with Crippen LogP contribution in [0.15, 0.2) is 47.4 Å². The Labute approximate surface area is 145 Å². The van der Waals surface area contributed by atoms with Gasteiger partial charge >= 0.3 is 6.03 Å². The highest BCUT2D eigenvalue weighted by Gasteiger charge is 2.21. The summed E-state index contributed by atoms with van der Waals surface area (Å²) in [5, 5.41) is 15.6. The van der Waals surface area contributed by atoms with Crippen molar-refractivity contribution in [1.29, 1.82) is 0 Å². The summed E-state index contributed by atoms with van der Waals surface area (Å²) in [6, 6.07) is 13.1. The molecule has 0 aliphatic carbocycles. The summed E-state index contributed by atoms with van der Waals surface area (Å²) in [5.41, 5.74) is 1.98. The fraction of sp³-hybridized carbons (Fsp3) is 0.278. The smallest absolute Gasteiger partial charge is 0.315 e. The monoisotopic (exact) mass is 344 g/mol. The van der Waals surface area contributed by atoms with Gasteiger partial charge in [0.25, 0.3) is 0 Å². The molecule has 2 amide bonds. The molecule has 3 N–H and O–H groups in total. The lowest BCUT2D eigenvalue weighted by Crippen LogP contribution is -2.38. The minimum Gasteiger partial charge on any atom is -0.504 e. The number of urea groups is 1. The molecular weight excluding hydrogens is 324 g/mol. The molecule has 2 aromatic carbocycles. The molecule has 3 rings (SSSR count). The SMILES string of the molecule is COc1ccc(CNC(=O)N[C@@H]2CCSc3ccccc32)cc1O. The predicted octanol–water partition coefficient (Wildman–Crippen LogP) is 3.44. The van der Waals surface area contributed by atoms with Crippen molar-refractivity contribution in [2.75, 3.05) is 12.9 Å². The molecule has 6 heteroatoms. The summed E-state index contributed by atoms with van der Waals surface area (Å²) >= 11 is 1.82. The van der Waals surface area contributed by atoms with Crippen molar-refractivity contribution in [1.82, 2.24) is 10.6 Å². The average molecular weight is 344 g/mol. The van der Waals surface area contributed by atoms with Gasteiger partial charge in [-0.1, -0.05) is 24.3 Å². The van der Waals surface area contributed by atoms with Crippen LogP contribution in [-0.4, -0.2) is 24.0 Å². The Morgan fingerprint density at radius 3 is 2.96 bits per heavy atom. The molecular formula is C18H20N2O3S. The van der Waals surface area contributed by atoms with Crippen LogP contribution in [0, 0.1) is 0 Å². The lowest BCUT2D eigenvalue weighted by Gasteiger charge is -2.26. The van der Waals surface area contributed by atoms with Gasteiger partial charge in [0.15, 0.2) is 11.5 Å². The first-order valence-corrected chi connectivity index (χ1v) is 8.78. The second-order valence-corrected chi connectivity index (χ2v) is 6.70. The summed E-state index contributed by atoms with van der Waals surface area (Å²) in [5.74, 6) is 1.48. The molecule has 0 aromatic heterocycles. The standard InChI is InChI=1S/C18H20N2O3S/c1-23-16-7-6-12(10-15(16)21)11-19-18(22)20-14-8-9-24-17-5-3-2-4-13(14)17/h2-7,10,14,21H,8-9,11H2,1H3,(H2,19,20,22)/t14-/m1/s1. The Balaban J connectivity index is 1.58. The van der Waals surface area contributed by atoms with Gasteiger partial charge in [-0.05, 0) is 35.7 Å². The molecule has 1 aliphatic heterocycles. The summed E-state index contributed by atoms with van der Waals surface area (Å²) in [7, 11) is 1.50. The lowest BCUT2D eigenvalue weighted by atomic mass is 10.0. The zero-order valence-electron chi connectivity index (χ0n) is 13.4. The molecule has 1 heterocycles. The van der Waals surface area contributed by atoms with E-state index in [2.05, 4.69) is 22.8 Å². The van der Waals surface area contributed by atoms with Crippen LogP contribution in [0.2, 0.25) is 0 Å². The van der Waals surface area contributed by atoms with E-state index in [4.69, 9.17) is 4.74 Å².